The highest BCUT2D eigenvalue weighted by Gasteiger charge is 2.34. The summed E-state index contributed by atoms with van der Waals surface area (Å²) in [5.74, 6) is -1.14. The fourth-order valence-corrected chi connectivity index (χ4v) is 2.63. The molecule has 1 N–H and O–H groups in total. The number of rotatable bonds is 3. The summed E-state index contributed by atoms with van der Waals surface area (Å²) in [7, 11) is 0. The number of carbonyl (C=O) groups excluding carboxylic acids is 3. The lowest BCUT2D eigenvalue weighted by atomic mass is 10.2. The van der Waals surface area contributed by atoms with Gasteiger partial charge in [-0.05, 0) is 13.8 Å². The fourth-order valence-electron chi connectivity index (χ4n) is 2.63. The van der Waals surface area contributed by atoms with Crippen LogP contribution >= 0.6 is 12.4 Å². The Balaban J connectivity index is 0.00000220. The Bertz CT molecular complexity index is 418. The molecule has 0 saturated carbocycles. The summed E-state index contributed by atoms with van der Waals surface area (Å²) in [6.07, 6.45) is 0. The molecule has 0 aliphatic carbocycles. The number of halogens is 1. The van der Waals surface area contributed by atoms with Gasteiger partial charge in [0.15, 0.2) is 0 Å². The van der Waals surface area contributed by atoms with E-state index in [1.54, 1.807) is 4.90 Å². The van der Waals surface area contributed by atoms with Gasteiger partial charge in [0.2, 0.25) is 5.91 Å². The molecule has 0 aromatic carbocycles. The van der Waals surface area contributed by atoms with Crippen LogP contribution < -0.4 is 5.32 Å². The van der Waals surface area contributed by atoms with Crippen LogP contribution in [0, 0.1) is 0 Å². The second-order valence-corrected chi connectivity index (χ2v) is 5.25. The van der Waals surface area contributed by atoms with Gasteiger partial charge in [-0.2, -0.15) is 0 Å². The van der Waals surface area contributed by atoms with Gasteiger partial charge in [0.25, 0.3) is 0 Å². The molecule has 1 atom stereocenters. The monoisotopic (exact) mass is 318 g/mol. The van der Waals surface area contributed by atoms with E-state index in [9.17, 15) is 14.4 Å². The normalized spacial score (nSPS) is 23.1. The van der Waals surface area contributed by atoms with Crippen LogP contribution in [-0.4, -0.2) is 84.3 Å². The van der Waals surface area contributed by atoms with Gasteiger partial charge in [0, 0.05) is 45.3 Å². The number of carbonyl (C=O) groups is 3. The molecule has 0 radical (unpaired) electrons. The molecule has 2 aliphatic rings. The Morgan fingerprint density at radius 3 is 2.43 bits per heavy atom. The fraction of sp³-hybridized carbons (Fsp3) is 0.769. The van der Waals surface area contributed by atoms with Gasteiger partial charge >= 0.3 is 11.8 Å². The highest BCUT2D eigenvalue weighted by atomic mass is 35.5. The quantitative estimate of drug-likeness (QED) is 0.672. The molecular formula is C13H23ClN4O3. The third kappa shape index (κ3) is 3.85. The molecule has 2 saturated heterocycles. The Labute approximate surface area is 131 Å². The predicted octanol–water partition coefficient (Wildman–Crippen LogP) is -1.08. The van der Waals surface area contributed by atoms with Gasteiger partial charge in [0.1, 0.15) is 6.54 Å². The molecule has 2 rings (SSSR count). The Morgan fingerprint density at radius 2 is 1.81 bits per heavy atom. The SMILES string of the molecule is CCN1CCN(CC(=O)N2CCNCC2C)C(=O)C1=O.Cl. The first kappa shape index (κ1) is 17.7. The number of amides is 3. The van der Waals surface area contributed by atoms with E-state index in [1.165, 1.54) is 9.80 Å². The number of likely N-dealkylation sites (N-methyl/N-ethyl adjacent to an activating group) is 1. The number of hydrogen-bond acceptors (Lipinski definition) is 4. The van der Waals surface area contributed by atoms with E-state index in [0.29, 0.717) is 26.2 Å². The summed E-state index contributed by atoms with van der Waals surface area (Å²) in [6.45, 7) is 7.48. The first-order chi connectivity index (χ1) is 9.54. The summed E-state index contributed by atoms with van der Waals surface area (Å²) in [6, 6.07) is 0.124. The molecule has 0 bridgehead atoms. The zero-order valence-electron chi connectivity index (χ0n) is 12.5. The van der Waals surface area contributed by atoms with E-state index >= 15 is 0 Å². The minimum Gasteiger partial charge on any atom is -0.336 e. The lowest BCUT2D eigenvalue weighted by molar-refractivity contribution is -0.157. The van der Waals surface area contributed by atoms with Crippen molar-refractivity contribution >= 4 is 30.1 Å². The molecule has 21 heavy (non-hydrogen) atoms. The summed E-state index contributed by atoms with van der Waals surface area (Å²) in [5, 5.41) is 3.22. The zero-order valence-corrected chi connectivity index (χ0v) is 13.3. The molecule has 2 heterocycles. The molecule has 2 fully saturated rings. The van der Waals surface area contributed by atoms with Crippen LogP contribution in [0.25, 0.3) is 0 Å². The van der Waals surface area contributed by atoms with Gasteiger partial charge in [-0.25, -0.2) is 0 Å². The minimum atomic E-state index is -0.561. The molecule has 7 nitrogen and oxygen atoms in total. The molecule has 8 heteroatoms. The molecule has 0 aromatic rings. The second-order valence-electron chi connectivity index (χ2n) is 5.25. The standard InChI is InChI=1S/C13H22N4O3.ClH/c1-3-15-6-7-16(13(20)12(15)19)9-11(18)17-5-4-14-8-10(17)2;/h10,14H,3-9H2,1-2H3;1H. The summed E-state index contributed by atoms with van der Waals surface area (Å²) in [5.41, 5.74) is 0. The third-order valence-electron chi connectivity index (χ3n) is 3.93. The molecule has 0 aromatic heterocycles. The number of nitrogens with zero attached hydrogens (tertiary/aromatic N) is 3. The van der Waals surface area contributed by atoms with Gasteiger partial charge in [-0.3, -0.25) is 14.4 Å². The van der Waals surface area contributed by atoms with Crippen LogP contribution in [0.2, 0.25) is 0 Å². The molecular weight excluding hydrogens is 296 g/mol. The lowest BCUT2D eigenvalue weighted by Crippen LogP contribution is -2.59. The van der Waals surface area contributed by atoms with E-state index in [1.807, 2.05) is 13.8 Å². The maximum absolute atomic E-state index is 12.3. The average molecular weight is 319 g/mol. The van der Waals surface area contributed by atoms with Crippen molar-refractivity contribution in [2.45, 2.75) is 19.9 Å². The van der Waals surface area contributed by atoms with Crippen LogP contribution in [0.1, 0.15) is 13.8 Å². The second kappa shape index (κ2) is 7.61. The first-order valence-corrected chi connectivity index (χ1v) is 7.13. The molecule has 120 valence electrons. The van der Waals surface area contributed by atoms with Crippen LogP contribution in [0.5, 0.6) is 0 Å². The summed E-state index contributed by atoms with van der Waals surface area (Å²) < 4.78 is 0. The van der Waals surface area contributed by atoms with Gasteiger partial charge in [-0.1, -0.05) is 0 Å². The summed E-state index contributed by atoms with van der Waals surface area (Å²) >= 11 is 0. The Hall–Kier alpha value is -1.34. The molecule has 1 unspecified atom stereocenters. The van der Waals surface area contributed by atoms with Gasteiger partial charge in [-0.15, -0.1) is 12.4 Å². The first-order valence-electron chi connectivity index (χ1n) is 7.13. The highest BCUT2D eigenvalue weighted by Crippen LogP contribution is 2.08. The number of piperazine rings is 2. The zero-order chi connectivity index (χ0) is 14.7. The topological polar surface area (TPSA) is 73.0 Å². The number of nitrogens with one attached hydrogen (secondary N) is 1. The van der Waals surface area contributed by atoms with Crippen molar-refractivity contribution in [3.8, 4) is 0 Å². The predicted molar refractivity (Wildman–Crippen MR) is 80.1 cm³/mol. The van der Waals surface area contributed by atoms with Gasteiger partial charge in [0.05, 0.1) is 0 Å². The maximum Gasteiger partial charge on any atom is 0.312 e. The minimum absolute atomic E-state index is 0. The van der Waals surface area contributed by atoms with Crippen LogP contribution in [-0.2, 0) is 14.4 Å². The molecule has 2 aliphatic heterocycles. The van der Waals surface area contributed by atoms with E-state index in [-0.39, 0.29) is 30.9 Å². The van der Waals surface area contributed by atoms with Crippen LogP contribution in [0.15, 0.2) is 0 Å². The molecule has 0 spiro atoms. The van der Waals surface area contributed by atoms with Crippen LogP contribution in [0.3, 0.4) is 0 Å². The van der Waals surface area contributed by atoms with E-state index in [2.05, 4.69) is 5.32 Å². The van der Waals surface area contributed by atoms with Crippen molar-refractivity contribution in [2.24, 2.45) is 0 Å². The van der Waals surface area contributed by atoms with Gasteiger partial charge < -0.3 is 20.0 Å². The van der Waals surface area contributed by atoms with E-state index in [0.717, 1.165) is 13.1 Å². The smallest absolute Gasteiger partial charge is 0.312 e. The highest BCUT2D eigenvalue weighted by molar-refractivity contribution is 6.35. The van der Waals surface area contributed by atoms with Crippen molar-refractivity contribution in [1.82, 2.24) is 20.0 Å². The number of hydrogen-bond donors (Lipinski definition) is 1. The Kier molecular flexibility index (Phi) is 6.42. The molecule has 3 amide bonds. The average Bonchev–Trinajstić information content (AvgIpc) is 2.44. The van der Waals surface area contributed by atoms with E-state index in [4.69, 9.17) is 0 Å². The van der Waals surface area contributed by atoms with Crippen molar-refractivity contribution in [3.63, 3.8) is 0 Å². The summed E-state index contributed by atoms with van der Waals surface area (Å²) in [4.78, 5) is 40.6. The van der Waals surface area contributed by atoms with Crippen molar-refractivity contribution in [2.75, 3.05) is 45.8 Å². The lowest BCUT2D eigenvalue weighted by Gasteiger charge is -2.37. The van der Waals surface area contributed by atoms with E-state index < -0.39 is 11.8 Å². The third-order valence-corrected chi connectivity index (χ3v) is 3.93. The van der Waals surface area contributed by atoms with Crippen molar-refractivity contribution < 1.29 is 14.4 Å². The maximum atomic E-state index is 12.3. The Morgan fingerprint density at radius 1 is 1.19 bits per heavy atom. The van der Waals surface area contributed by atoms with Crippen LogP contribution in [0.4, 0.5) is 0 Å². The largest absolute Gasteiger partial charge is 0.336 e. The van der Waals surface area contributed by atoms with Crippen molar-refractivity contribution in [3.05, 3.63) is 0 Å². The van der Waals surface area contributed by atoms with Crippen molar-refractivity contribution in [1.29, 1.82) is 0 Å².